The molecule has 0 heterocycles. The lowest BCUT2D eigenvalue weighted by Crippen LogP contribution is -2.09. The van der Waals surface area contributed by atoms with E-state index in [0.29, 0.717) is 12.2 Å². The number of anilines is 1. The van der Waals surface area contributed by atoms with E-state index in [2.05, 4.69) is 11.4 Å². The highest BCUT2D eigenvalue weighted by molar-refractivity contribution is 5.89. The molecule has 0 fully saturated rings. The minimum Gasteiger partial charge on any atom is -0.462 e. The SMILES string of the molecule is CCCOC(=O)c1ccc(NC(C#N)c2ccccc2)cc1. The van der Waals surface area contributed by atoms with Crippen LogP contribution in [0.15, 0.2) is 54.6 Å². The van der Waals surface area contributed by atoms with Crippen molar-refractivity contribution in [3.8, 4) is 6.07 Å². The molecule has 2 aromatic carbocycles. The molecule has 2 rings (SSSR count). The molecule has 22 heavy (non-hydrogen) atoms. The molecule has 1 unspecified atom stereocenters. The number of ether oxygens (including phenoxy) is 1. The smallest absolute Gasteiger partial charge is 0.338 e. The summed E-state index contributed by atoms with van der Waals surface area (Å²) in [6.07, 6.45) is 0.798. The quantitative estimate of drug-likeness (QED) is 0.820. The second-order valence-corrected chi connectivity index (χ2v) is 4.83. The fourth-order valence-electron chi connectivity index (χ4n) is 1.98. The number of hydrogen-bond donors (Lipinski definition) is 1. The third-order valence-corrected chi connectivity index (χ3v) is 3.13. The van der Waals surface area contributed by atoms with Gasteiger partial charge < -0.3 is 10.1 Å². The third-order valence-electron chi connectivity index (χ3n) is 3.13. The number of nitrogens with zero attached hydrogens (tertiary/aromatic N) is 1. The monoisotopic (exact) mass is 294 g/mol. The van der Waals surface area contributed by atoms with Gasteiger partial charge in [-0.05, 0) is 36.2 Å². The van der Waals surface area contributed by atoms with Gasteiger partial charge in [-0.1, -0.05) is 37.3 Å². The first kappa shape index (κ1) is 15.6. The zero-order chi connectivity index (χ0) is 15.8. The summed E-state index contributed by atoms with van der Waals surface area (Å²) in [7, 11) is 0. The number of carbonyl (C=O) groups is 1. The Bertz CT molecular complexity index is 645. The Morgan fingerprint density at radius 3 is 2.45 bits per heavy atom. The number of benzene rings is 2. The van der Waals surface area contributed by atoms with Crippen LogP contribution in [0.1, 0.15) is 35.3 Å². The Morgan fingerprint density at radius 2 is 1.86 bits per heavy atom. The first-order chi connectivity index (χ1) is 10.7. The molecule has 1 N–H and O–H groups in total. The van der Waals surface area contributed by atoms with Crippen LogP contribution in [0.3, 0.4) is 0 Å². The lowest BCUT2D eigenvalue weighted by molar-refractivity contribution is 0.0505. The number of hydrogen-bond acceptors (Lipinski definition) is 4. The summed E-state index contributed by atoms with van der Waals surface area (Å²) in [5.74, 6) is -0.326. The summed E-state index contributed by atoms with van der Waals surface area (Å²) in [4.78, 5) is 11.7. The highest BCUT2D eigenvalue weighted by Crippen LogP contribution is 2.19. The van der Waals surface area contributed by atoms with Crippen LogP contribution in [0.25, 0.3) is 0 Å². The Hall–Kier alpha value is -2.80. The van der Waals surface area contributed by atoms with Gasteiger partial charge in [0.15, 0.2) is 0 Å². The fourth-order valence-corrected chi connectivity index (χ4v) is 1.98. The lowest BCUT2D eigenvalue weighted by atomic mass is 10.1. The highest BCUT2D eigenvalue weighted by Gasteiger charge is 2.11. The van der Waals surface area contributed by atoms with E-state index in [-0.39, 0.29) is 5.97 Å². The molecule has 4 heteroatoms. The van der Waals surface area contributed by atoms with Crippen LogP contribution in [0.2, 0.25) is 0 Å². The zero-order valence-corrected chi connectivity index (χ0v) is 12.5. The van der Waals surface area contributed by atoms with Crippen molar-refractivity contribution in [2.75, 3.05) is 11.9 Å². The number of carbonyl (C=O) groups excluding carboxylic acids is 1. The van der Waals surface area contributed by atoms with Crippen molar-refractivity contribution in [1.29, 1.82) is 5.26 Å². The van der Waals surface area contributed by atoms with Crippen molar-refractivity contribution in [2.24, 2.45) is 0 Å². The molecule has 1 atom stereocenters. The van der Waals surface area contributed by atoms with E-state index in [0.717, 1.165) is 17.7 Å². The van der Waals surface area contributed by atoms with E-state index in [4.69, 9.17) is 4.74 Å². The summed E-state index contributed by atoms with van der Waals surface area (Å²) in [6, 6.07) is 18.2. The fraction of sp³-hybridized carbons (Fsp3) is 0.222. The van der Waals surface area contributed by atoms with Gasteiger partial charge in [0, 0.05) is 5.69 Å². The van der Waals surface area contributed by atoms with Gasteiger partial charge in [-0.3, -0.25) is 0 Å². The number of esters is 1. The number of rotatable bonds is 6. The molecular formula is C18H18N2O2. The standard InChI is InChI=1S/C18H18N2O2/c1-2-12-22-18(21)15-8-10-16(11-9-15)20-17(13-19)14-6-4-3-5-7-14/h3-11,17,20H,2,12H2,1H3. The topological polar surface area (TPSA) is 62.1 Å². The van der Waals surface area contributed by atoms with Gasteiger partial charge >= 0.3 is 5.97 Å². The maximum absolute atomic E-state index is 11.7. The average molecular weight is 294 g/mol. The van der Waals surface area contributed by atoms with Crippen LogP contribution in [-0.4, -0.2) is 12.6 Å². The predicted molar refractivity (Wildman–Crippen MR) is 85.4 cm³/mol. The molecule has 0 bridgehead atoms. The van der Waals surface area contributed by atoms with E-state index >= 15 is 0 Å². The van der Waals surface area contributed by atoms with Gasteiger partial charge in [0.2, 0.25) is 0 Å². The minimum absolute atomic E-state index is 0.326. The molecule has 0 amide bonds. The molecule has 0 aliphatic rings. The number of nitriles is 1. The maximum atomic E-state index is 11.7. The first-order valence-corrected chi connectivity index (χ1v) is 7.23. The van der Waals surface area contributed by atoms with Gasteiger partial charge in [0.1, 0.15) is 6.04 Å². The second kappa shape index (κ2) is 7.84. The highest BCUT2D eigenvalue weighted by atomic mass is 16.5. The normalized spacial score (nSPS) is 11.3. The average Bonchev–Trinajstić information content (AvgIpc) is 2.58. The van der Waals surface area contributed by atoms with Crippen LogP contribution in [0.4, 0.5) is 5.69 Å². The van der Waals surface area contributed by atoms with Gasteiger partial charge in [-0.15, -0.1) is 0 Å². The summed E-state index contributed by atoms with van der Waals surface area (Å²) in [5, 5.41) is 12.4. The summed E-state index contributed by atoms with van der Waals surface area (Å²) >= 11 is 0. The Morgan fingerprint density at radius 1 is 1.18 bits per heavy atom. The maximum Gasteiger partial charge on any atom is 0.338 e. The largest absolute Gasteiger partial charge is 0.462 e. The van der Waals surface area contributed by atoms with Gasteiger partial charge in [-0.25, -0.2) is 4.79 Å². The third kappa shape index (κ3) is 4.10. The molecule has 112 valence electrons. The number of nitrogens with one attached hydrogen (secondary N) is 1. The molecule has 0 aliphatic carbocycles. The molecule has 4 nitrogen and oxygen atoms in total. The Balaban J connectivity index is 2.04. The van der Waals surface area contributed by atoms with Crippen LogP contribution in [0, 0.1) is 11.3 Å². The van der Waals surface area contributed by atoms with Crippen molar-refractivity contribution in [1.82, 2.24) is 0 Å². The minimum atomic E-state index is -0.431. The Kier molecular flexibility index (Phi) is 5.56. The van der Waals surface area contributed by atoms with Crippen LogP contribution in [-0.2, 0) is 4.74 Å². The summed E-state index contributed by atoms with van der Waals surface area (Å²) in [5.41, 5.74) is 2.19. The van der Waals surface area contributed by atoms with Gasteiger partial charge in [0.05, 0.1) is 18.2 Å². The molecular weight excluding hydrogens is 276 g/mol. The van der Waals surface area contributed by atoms with E-state index in [1.807, 2.05) is 37.3 Å². The van der Waals surface area contributed by atoms with Crippen LogP contribution in [0.5, 0.6) is 0 Å². The summed E-state index contributed by atoms with van der Waals surface area (Å²) < 4.78 is 5.08. The molecule has 0 radical (unpaired) electrons. The Labute approximate surface area is 130 Å². The van der Waals surface area contributed by atoms with Crippen molar-refractivity contribution in [3.63, 3.8) is 0 Å². The van der Waals surface area contributed by atoms with Crippen LogP contribution >= 0.6 is 0 Å². The van der Waals surface area contributed by atoms with Crippen LogP contribution < -0.4 is 5.32 Å². The van der Waals surface area contributed by atoms with Crippen molar-refractivity contribution >= 4 is 11.7 Å². The molecule has 0 aliphatic heterocycles. The van der Waals surface area contributed by atoms with Crippen molar-refractivity contribution in [3.05, 3.63) is 65.7 Å². The van der Waals surface area contributed by atoms with Crippen molar-refractivity contribution in [2.45, 2.75) is 19.4 Å². The predicted octanol–water partition coefficient (Wildman–Crippen LogP) is 3.93. The molecule has 0 spiro atoms. The van der Waals surface area contributed by atoms with E-state index in [1.54, 1.807) is 24.3 Å². The van der Waals surface area contributed by atoms with E-state index < -0.39 is 6.04 Å². The van der Waals surface area contributed by atoms with Crippen molar-refractivity contribution < 1.29 is 9.53 Å². The molecule has 0 aromatic heterocycles. The second-order valence-electron chi connectivity index (χ2n) is 4.83. The van der Waals surface area contributed by atoms with E-state index in [1.165, 1.54) is 0 Å². The molecule has 0 saturated heterocycles. The lowest BCUT2D eigenvalue weighted by Gasteiger charge is -2.13. The van der Waals surface area contributed by atoms with Gasteiger partial charge in [0.25, 0.3) is 0 Å². The molecule has 2 aromatic rings. The first-order valence-electron chi connectivity index (χ1n) is 7.23. The summed E-state index contributed by atoms with van der Waals surface area (Å²) in [6.45, 7) is 2.37. The van der Waals surface area contributed by atoms with E-state index in [9.17, 15) is 10.1 Å². The zero-order valence-electron chi connectivity index (χ0n) is 12.5. The van der Waals surface area contributed by atoms with Gasteiger partial charge in [-0.2, -0.15) is 5.26 Å². The molecule has 0 saturated carbocycles.